The molecular weight excluding hydrogens is 511 g/mol. The first-order chi connectivity index (χ1) is 17.9. The quantitative estimate of drug-likeness (QED) is 0.242. The van der Waals surface area contributed by atoms with Gasteiger partial charge in [-0.15, -0.1) is 11.8 Å². The van der Waals surface area contributed by atoms with Crippen molar-refractivity contribution in [1.82, 2.24) is 9.88 Å². The van der Waals surface area contributed by atoms with Crippen molar-refractivity contribution >= 4 is 40.2 Å². The van der Waals surface area contributed by atoms with Crippen LogP contribution in [0.1, 0.15) is 43.8 Å². The molecule has 198 valence electrons. The van der Waals surface area contributed by atoms with Gasteiger partial charge in [-0.2, -0.15) is 0 Å². The van der Waals surface area contributed by atoms with Crippen LogP contribution >= 0.6 is 23.4 Å². The van der Waals surface area contributed by atoms with Crippen molar-refractivity contribution in [1.29, 1.82) is 0 Å². The Balaban J connectivity index is 1.35. The Morgan fingerprint density at radius 1 is 1.24 bits per heavy atom. The molecule has 37 heavy (non-hydrogen) atoms. The lowest BCUT2D eigenvalue weighted by atomic mass is 9.79. The number of carboxylic acids is 1. The lowest BCUT2D eigenvalue weighted by Crippen LogP contribution is -2.41. The van der Waals surface area contributed by atoms with Crippen LogP contribution in [0, 0.1) is 11.8 Å². The second kappa shape index (κ2) is 13.4. The number of aliphatic carboxylic acids is 1. The second-order valence-corrected chi connectivity index (χ2v) is 11.2. The Bertz CT molecular complexity index is 1200. The number of benzene rings is 2. The van der Waals surface area contributed by atoms with E-state index < -0.39 is 12.1 Å². The normalized spacial score (nSPS) is 19.1. The summed E-state index contributed by atoms with van der Waals surface area (Å²) in [5.74, 6) is 1.39. The third-order valence-corrected chi connectivity index (χ3v) is 8.81. The van der Waals surface area contributed by atoms with E-state index in [1.165, 1.54) is 0 Å². The topological polar surface area (TPSA) is 62.7 Å². The van der Waals surface area contributed by atoms with Gasteiger partial charge in [0.15, 0.2) is 0 Å². The number of piperidine rings is 1. The first-order valence-electron chi connectivity index (χ1n) is 12.8. The molecule has 4 rings (SSSR count). The van der Waals surface area contributed by atoms with Crippen molar-refractivity contribution in [2.45, 2.75) is 43.2 Å². The Kier molecular flexibility index (Phi) is 10.1. The number of hydrogen-bond acceptors (Lipinski definition) is 5. The molecule has 3 aromatic rings. The summed E-state index contributed by atoms with van der Waals surface area (Å²) in [7, 11) is 1.60. The molecule has 5 nitrogen and oxygen atoms in total. The van der Waals surface area contributed by atoms with Gasteiger partial charge in [-0.25, -0.2) is 4.39 Å². The monoisotopic (exact) mass is 544 g/mol. The van der Waals surface area contributed by atoms with Crippen molar-refractivity contribution in [2.24, 2.45) is 11.8 Å². The van der Waals surface area contributed by atoms with E-state index in [-0.39, 0.29) is 12.3 Å². The minimum absolute atomic E-state index is 0.150. The molecule has 3 atom stereocenters. The molecule has 1 fully saturated rings. The minimum atomic E-state index is -1.11. The van der Waals surface area contributed by atoms with Crippen molar-refractivity contribution < 1.29 is 19.0 Å². The Morgan fingerprint density at radius 2 is 2.08 bits per heavy atom. The number of ether oxygens (including phenoxy) is 1. The number of halogens is 2. The van der Waals surface area contributed by atoms with Gasteiger partial charge in [0.1, 0.15) is 11.9 Å². The van der Waals surface area contributed by atoms with E-state index in [2.05, 4.69) is 9.88 Å². The smallest absolute Gasteiger partial charge is 0.303 e. The largest absolute Gasteiger partial charge is 0.497 e. The lowest BCUT2D eigenvalue weighted by Gasteiger charge is -2.39. The summed E-state index contributed by atoms with van der Waals surface area (Å²) in [5.41, 5.74) is 1.39. The third kappa shape index (κ3) is 7.59. The van der Waals surface area contributed by atoms with E-state index in [4.69, 9.17) is 16.3 Å². The highest BCUT2D eigenvalue weighted by Gasteiger charge is 2.30. The fourth-order valence-corrected chi connectivity index (χ4v) is 6.53. The zero-order valence-electron chi connectivity index (χ0n) is 21.1. The molecule has 2 aromatic carbocycles. The van der Waals surface area contributed by atoms with Gasteiger partial charge in [0.2, 0.25) is 0 Å². The van der Waals surface area contributed by atoms with Gasteiger partial charge in [-0.1, -0.05) is 23.7 Å². The van der Waals surface area contributed by atoms with Gasteiger partial charge in [0, 0.05) is 41.7 Å². The highest BCUT2D eigenvalue weighted by molar-refractivity contribution is 7.99. The van der Waals surface area contributed by atoms with E-state index in [1.54, 1.807) is 31.1 Å². The minimum Gasteiger partial charge on any atom is -0.497 e. The Hall–Kier alpha value is -2.35. The van der Waals surface area contributed by atoms with Crippen LogP contribution in [-0.2, 0) is 4.79 Å². The van der Waals surface area contributed by atoms with Crippen molar-refractivity contribution in [3.63, 3.8) is 0 Å². The number of hydrogen-bond donors (Lipinski definition) is 1. The Labute approximate surface area is 227 Å². The molecule has 0 saturated carbocycles. The number of likely N-dealkylation sites (tertiary alicyclic amines) is 1. The number of thioether (sulfide) groups is 1. The zero-order chi connectivity index (χ0) is 26.2. The summed E-state index contributed by atoms with van der Waals surface area (Å²) in [6, 6.07) is 15.1. The number of rotatable bonds is 12. The van der Waals surface area contributed by atoms with Gasteiger partial charge in [0.05, 0.1) is 17.6 Å². The number of pyridine rings is 1. The molecule has 0 amide bonds. The molecule has 0 spiro atoms. The number of carboxylic acid groups (broad SMARTS) is 1. The molecule has 1 N–H and O–H groups in total. The third-order valence-electron chi connectivity index (χ3n) is 7.32. The molecule has 1 unspecified atom stereocenters. The van der Waals surface area contributed by atoms with Crippen LogP contribution in [0.15, 0.2) is 59.6 Å². The number of fused-ring (bicyclic) bond motifs is 1. The second-order valence-electron chi connectivity index (χ2n) is 9.65. The van der Waals surface area contributed by atoms with E-state index in [0.717, 1.165) is 59.0 Å². The standard InChI is InChI=1S/C29H34ClFN2O3S/c1-36-22-8-10-27-24(18-22)23(12-14-32-27)26(31)9-6-20-13-15-33(19-21(20)7-11-29(34)35)16-17-37-28-5-3-2-4-25(28)30/h2-5,8,10,12,14,18,20-21,26H,6-7,9,11,13,15-17,19H2,1H3,(H,34,35)/t20-,21+,26?/m1/s1. The van der Waals surface area contributed by atoms with Crippen LogP contribution in [0.25, 0.3) is 10.9 Å². The van der Waals surface area contributed by atoms with E-state index in [1.807, 2.05) is 42.5 Å². The zero-order valence-corrected chi connectivity index (χ0v) is 22.7. The number of carbonyl (C=O) groups is 1. The first-order valence-corrected chi connectivity index (χ1v) is 14.2. The SMILES string of the molecule is COc1ccc2nccc(C(F)CC[C@@H]3CCN(CCSc4ccccc4Cl)C[C@@H]3CCC(=O)O)c2c1. The summed E-state index contributed by atoms with van der Waals surface area (Å²) < 4.78 is 20.9. The van der Waals surface area contributed by atoms with Crippen molar-refractivity contribution in [3.05, 3.63) is 65.3 Å². The predicted molar refractivity (Wildman–Crippen MR) is 148 cm³/mol. The van der Waals surface area contributed by atoms with Crippen molar-refractivity contribution in [3.8, 4) is 5.75 Å². The van der Waals surface area contributed by atoms with E-state index in [9.17, 15) is 9.90 Å². The van der Waals surface area contributed by atoms with Gasteiger partial charge in [0.25, 0.3) is 0 Å². The van der Waals surface area contributed by atoms with Gasteiger partial charge in [-0.05, 0) is 86.0 Å². The molecule has 1 saturated heterocycles. The molecule has 1 aliphatic rings. The van der Waals surface area contributed by atoms with Gasteiger partial charge >= 0.3 is 5.97 Å². The predicted octanol–water partition coefficient (Wildman–Crippen LogP) is 7.28. The molecule has 0 radical (unpaired) electrons. The molecule has 0 aliphatic carbocycles. The molecule has 2 heterocycles. The van der Waals surface area contributed by atoms with Gasteiger partial charge < -0.3 is 14.7 Å². The summed E-state index contributed by atoms with van der Waals surface area (Å²) >= 11 is 8.03. The maximum Gasteiger partial charge on any atom is 0.303 e. The fourth-order valence-electron chi connectivity index (χ4n) is 5.28. The van der Waals surface area contributed by atoms with Crippen LogP contribution in [0.2, 0.25) is 5.02 Å². The maximum atomic E-state index is 15.5. The maximum absolute atomic E-state index is 15.5. The molecule has 8 heteroatoms. The van der Waals surface area contributed by atoms with E-state index in [0.29, 0.717) is 30.1 Å². The lowest BCUT2D eigenvalue weighted by molar-refractivity contribution is -0.137. The highest BCUT2D eigenvalue weighted by Crippen LogP contribution is 2.37. The number of aromatic nitrogens is 1. The summed E-state index contributed by atoms with van der Waals surface area (Å²) in [6.07, 6.45) is 3.43. The molecule has 1 aromatic heterocycles. The summed E-state index contributed by atoms with van der Waals surface area (Å²) in [4.78, 5) is 19.2. The van der Waals surface area contributed by atoms with Crippen LogP contribution in [0.5, 0.6) is 5.75 Å². The number of nitrogens with zero attached hydrogens (tertiary/aromatic N) is 2. The molecule has 0 bridgehead atoms. The van der Waals surface area contributed by atoms with Crippen LogP contribution in [0.3, 0.4) is 0 Å². The van der Waals surface area contributed by atoms with E-state index >= 15 is 4.39 Å². The molecule has 1 aliphatic heterocycles. The van der Waals surface area contributed by atoms with Crippen LogP contribution < -0.4 is 4.74 Å². The fraction of sp³-hybridized carbons (Fsp3) is 0.448. The summed E-state index contributed by atoms with van der Waals surface area (Å²) in [6.45, 7) is 2.72. The van der Waals surface area contributed by atoms with Crippen molar-refractivity contribution in [2.75, 3.05) is 32.5 Å². The van der Waals surface area contributed by atoms with Crippen LogP contribution in [-0.4, -0.2) is 53.5 Å². The average Bonchev–Trinajstić information content (AvgIpc) is 2.91. The molecular formula is C29H34ClFN2O3S. The Morgan fingerprint density at radius 3 is 2.86 bits per heavy atom. The first kappa shape index (κ1) is 27.7. The average molecular weight is 545 g/mol. The highest BCUT2D eigenvalue weighted by atomic mass is 35.5. The number of alkyl halides is 1. The van der Waals surface area contributed by atoms with Gasteiger partial charge in [-0.3, -0.25) is 9.78 Å². The number of methoxy groups -OCH3 is 1. The van der Waals surface area contributed by atoms with Crippen LogP contribution in [0.4, 0.5) is 4.39 Å². The summed E-state index contributed by atoms with van der Waals surface area (Å²) in [5, 5.41) is 10.8.